The number of likely N-dealkylation sites (tertiary alicyclic amines) is 1. The number of benzene rings is 1. The first-order chi connectivity index (χ1) is 10.1. The highest BCUT2D eigenvalue weighted by atomic mass is 15.2. The molecular weight excluding hydrogens is 258 g/mol. The lowest BCUT2D eigenvalue weighted by Gasteiger charge is -2.33. The number of nitrogens with zero attached hydrogens (tertiary/aromatic N) is 2. The molecule has 0 bridgehead atoms. The fourth-order valence-corrected chi connectivity index (χ4v) is 2.81. The summed E-state index contributed by atoms with van der Waals surface area (Å²) in [5, 5.41) is 3.73. The number of hydrogen-bond donors (Lipinski definition) is 1. The minimum atomic E-state index is 0.612. The van der Waals surface area contributed by atoms with Gasteiger partial charge in [0.25, 0.3) is 0 Å². The maximum atomic E-state index is 3.73. The number of likely N-dealkylation sites (N-methyl/N-ethyl adjacent to an activating group) is 1. The standard InChI is InChI=1S/C18H31N3/c1-16(20(2)3)15-19-18-10-13-21(14-11-18)12-9-17-7-5-4-6-8-17/h4-8,16,18-19H,9-15H2,1-3H3. The molecule has 1 N–H and O–H groups in total. The fourth-order valence-electron chi connectivity index (χ4n) is 2.81. The molecule has 1 aromatic carbocycles. The van der Waals surface area contributed by atoms with E-state index in [2.05, 4.69) is 66.5 Å². The maximum absolute atomic E-state index is 3.73. The molecule has 1 aliphatic heterocycles. The fraction of sp³-hybridized carbons (Fsp3) is 0.667. The molecule has 118 valence electrons. The topological polar surface area (TPSA) is 18.5 Å². The third-order valence-corrected chi connectivity index (χ3v) is 4.73. The van der Waals surface area contributed by atoms with Crippen molar-refractivity contribution in [2.45, 2.75) is 38.3 Å². The first-order valence-corrected chi connectivity index (χ1v) is 8.31. The minimum absolute atomic E-state index is 0.612. The van der Waals surface area contributed by atoms with E-state index in [0.29, 0.717) is 12.1 Å². The number of piperidine rings is 1. The van der Waals surface area contributed by atoms with Crippen molar-refractivity contribution in [1.29, 1.82) is 0 Å². The number of rotatable bonds is 7. The lowest BCUT2D eigenvalue weighted by atomic mass is 10.0. The molecule has 0 amide bonds. The lowest BCUT2D eigenvalue weighted by molar-refractivity contribution is 0.192. The highest BCUT2D eigenvalue weighted by Gasteiger charge is 2.19. The van der Waals surface area contributed by atoms with Gasteiger partial charge in [0.05, 0.1) is 0 Å². The molecule has 0 aliphatic carbocycles. The van der Waals surface area contributed by atoms with Crippen molar-refractivity contribution in [3.63, 3.8) is 0 Å². The van der Waals surface area contributed by atoms with Crippen LogP contribution in [0, 0.1) is 0 Å². The Morgan fingerprint density at radius 3 is 2.48 bits per heavy atom. The molecule has 1 heterocycles. The van der Waals surface area contributed by atoms with Crippen LogP contribution < -0.4 is 5.32 Å². The zero-order valence-corrected chi connectivity index (χ0v) is 13.9. The highest BCUT2D eigenvalue weighted by molar-refractivity contribution is 5.14. The van der Waals surface area contributed by atoms with Crippen molar-refractivity contribution in [2.24, 2.45) is 0 Å². The predicted octanol–water partition coefficient (Wildman–Crippen LogP) is 2.23. The van der Waals surface area contributed by atoms with Gasteiger partial charge in [-0.2, -0.15) is 0 Å². The van der Waals surface area contributed by atoms with Crippen molar-refractivity contribution in [1.82, 2.24) is 15.1 Å². The first-order valence-electron chi connectivity index (χ1n) is 8.31. The van der Waals surface area contributed by atoms with Gasteiger partial charge in [-0.25, -0.2) is 0 Å². The van der Waals surface area contributed by atoms with Crippen LogP contribution in [-0.2, 0) is 6.42 Å². The average molecular weight is 289 g/mol. The third kappa shape index (κ3) is 5.77. The second-order valence-electron chi connectivity index (χ2n) is 6.57. The second kappa shape index (κ2) is 8.52. The molecule has 21 heavy (non-hydrogen) atoms. The van der Waals surface area contributed by atoms with Crippen LogP contribution in [0.3, 0.4) is 0 Å². The van der Waals surface area contributed by atoms with Gasteiger partial charge >= 0.3 is 0 Å². The van der Waals surface area contributed by atoms with Crippen LogP contribution in [0.25, 0.3) is 0 Å². The van der Waals surface area contributed by atoms with Gasteiger partial charge in [-0.3, -0.25) is 0 Å². The first kappa shape index (κ1) is 16.5. The van der Waals surface area contributed by atoms with Crippen LogP contribution in [0.4, 0.5) is 0 Å². The van der Waals surface area contributed by atoms with Crippen molar-refractivity contribution in [3.8, 4) is 0 Å². The van der Waals surface area contributed by atoms with Crippen LogP contribution in [0.15, 0.2) is 30.3 Å². The van der Waals surface area contributed by atoms with Crippen molar-refractivity contribution in [3.05, 3.63) is 35.9 Å². The minimum Gasteiger partial charge on any atom is -0.312 e. The van der Waals surface area contributed by atoms with Crippen molar-refractivity contribution in [2.75, 3.05) is 40.3 Å². The molecule has 1 fully saturated rings. The Kier molecular flexibility index (Phi) is 6.68. The zero-order chi connectivity index (χ0) is 15.1. The van der Waals surface area contributed by atoms with E-state index in [1.165, 1.54) is 44.5 Å². The Labute approximate surface area is 130 Å². The van der Waals surface area contributed by atoms with Crippen LogP contribution in [0.1, 0.15) is 25.3 Å². The van der Waals surface area contributed by atoms with Gasteiger partial charge in [-0.1, -0.05) is 30.3 Å². The Morgan fingerprint density at radius 1 is 1.19 bits per heavy atom. The Hall–Kier alpha value is -0.900. The summed E-state index contributed by atoms with van der Waals surface area (Å²) in [6.07, 6.45) is 3.75. The van der Waals surface area contributed by atoms with E-state index in [1.54, 1.807) is 0 Å². The molecule has 2 rings (SSSR count). The molecule has 1 aliphatic rings. The van der Waals surface area contributed by atoms with Gasteiger partial charge in [-0.05, 0) is 58.9 Å². The molecule has 3 nitrogen and oxygen atoms in total. The Balaban J connectivity index is 1.62. The quantitative estimate of drug-likeness (QED) is 0.830. The van der Waals surface area contributed by atoms with Gasteiger partial charge in [0, 0.05) is 25.2 Å². The van der Waals surface area contributed by atoms with Gasteiger partial charge in [-0.15, -0.1) is 0 Å². The highest BCUT2D eigenvalue weighted by Crippen LogP contribution is 2.11. The second-order valence-corrected chi connectivity index (χ2v) is 6.57. The van der Waals surface area contributed by atoms with E-state index in [9.17, 15) is 0 Å². The SMILES string of the molecule is CC(CNC1CCN(CCc2ccccc2)CC1)N(C)C. The number of nitrogens with one attached hydrogen (secondary N) is 1. The summed E-state index contributed by atoms with van der Waals surface area (Å²) in [6, 6.07) is 12.2. The Bertz CT molecular complexity index is 383. The summed E-state index contributed by atoms with van der Waals surface area (Å²) in [6.45, 7) is 7.05. The molecule has 1 unspecified atom stereocenters. The summed E-state index contributed by atoms with van der Waals surface area (Å²) in [5.41, 5.74) is 1.46. The monoisotopic (exact) mass is 289 g/mol. The van der Waals surface area contributed by atoms with Gasteiger partial charge in [0.2, 0.25) is 0 Å². The summed E-state index contributed by atoms with van der Waals surface area (Å²) in [4.78, 5) is 4.89. The molecule has 0 spiro atoms. The zero-order valence-electron chi connectivity index (χ0n) is 13.9. The maximum Gasteiger partial charge on any atom is 0.0186 e. The molecule has 1 saturated heterocycles. The molecule has 0 radical (unpaired) electrons. The van der Waals surface area contributed by atoms with E-state index in [1.807, 2.05) is 0 Å². The lowest BCUT2D eigenvalue weighted by Crippen LogP contribution is -2.46. The average Bonchev–Trinajstić information content (AvgIpc) is 2.52. The van der Waals surface area contributed by atoms with Crippen LogP contribution in [0.5, 0.6) is 0 Å². The van der Waals surface area contributed by atoms with E-state index in [0.717, 1.165) is 6.54 Å². The van der Waals surface area contributed by atoms with Crippen LogP contribution in [0.2, 0.25) is 0 Å². The molecule has 0 saturated carbocycles. The molecular formula is C18H31N3. The van der Waals surface area contributed by atoms with Gasteiger partial charge in [0.15, 0.2) is 0 Å². The van der Waals surface area contributed by atoms with E-state index >= 15 is 0 Å². The smallest absolute Gasteiger partial charge is 0.0186 e. The van der Waals surface area contributed by atoms with E-state index in [-0.39, 0.29) is 0 Å². The third-order valence-electron chi connectivity index (χ3n) is 4.73. The summed E-state index contributed by atoms with van der Waals surface area (Å²) in [7, 11) is 4.30. The normalized spacial score (nSPS) is 19.0. The van der Waals surface area contributed by atoms with E-state index < -0.39 is 0 Å². The Morgan fingerprint density at radius 2 is 1.86 bits per heavy atom. The summed E-state index contributed by atoms with van der Waals surface area (Å²) < 4.78 is 0. The molecule has 1 aromatic rings. The van der Waals surface area contributed by atoms with Crippen LogP contribution >= 0.6 is 0 Å². The summed E-state index contributed by atoms with van der Waals surface area (Å²) in [5.74, 6) is 0. The van der Waals surface area contributed by atoms with Crippen molar-refractivity contribution < 1.29 is 0 Å². The predicted molar refractivity (Wildman–Crippen MR) is 90.8 cm³/mol. The molecule has 1 atom stereocenters. The number of hydrogen-bond acceptors (Lipinski definition) is 3. The van der Waals surface area contributed by atoms with Crippen LogP contribution in [-0.4, -0.2) is 62.2 Å². The van der Waals surface area contributed by atoms with E-state index in [4.69, 9.17) is 0 Å². The van der Waals surface area contributed by atoms with Gasteiger partial charge in [0.1, 0.15) is 0 Å². The summed E-state index contributed by atoms with van der Waals surface area (Å²) >= 11 is 0. The van der Waals surface area contributed by atoms with Crippen molar-refractivity contribution >= 4 is 0 Å². The largest absolute Gasteiger partial charge is 0.312 e. The molecule has 0 aromatic heterocycles. The van der Waals surface area contributed by atoms with Gasteiger partial charge < -0.3 is 15.1 Å². The molecule has 3 heteroatoms.